The largest absolute Gasteiger partial charge is 0.465 e. The van der Waals surface area contributed by atoms with Gasteiger partial charge in [-0.2, -0.15) is 11.8 Å². The molecule has 0 radical (unpaired) electrons. The average molecular weight is 277 g/mol. The molecule has 19 heavy (non-hydrogen) atoms. The highest BCUT2D eigenvalue weighted by Crippen LogP contribution is 2.26. The zero-order valence-electron chi connectivity index (χ0n) is 10.7. The van der Waals surface area contributed by atoms with Gasteiger partial charge < -0.3 is 4.74 Å². The standard InChI is InChI=1S/C13H15N3O2S/c1-18-13(17)10-3-2-5-16-11(14-15-12(10)16)7-9-4-6-19-8-9/h2-3,5,9H,4,6-8H2,1H3. The number of fused-ring (bicyclic) bond motifs is 1. The van der Waals surface area contributed by atoms with Crippen LogP contribution in [0.25, 0.3) is 5.65 Å². The van der Waals surface area contributed by atoms with Gasteiger partial charge in [0.15, 0.2) is 5.65 Å². The van der Waals surface area contributed by atoms with Crippen molar-refractivity contribution >= 4 is 23.4 Å². The van der Waals surface area contributed by atoms with Crippen LogP contribution in [0.1, 0.15) is 22.6 Å². The maximum Gasteiger partial charge on any atom is 0.341 e. The third-order valence-corrected chi connectivity index (χ3v) is 4.64. The zero-order valence-corrected chi connectivity index (χ0v) is 11.5. The molecule has 0 spiro atoms. The van der Waals surface area contributed by atoms with Crippen LogP contribution >= 0.6 is 11.8 Å². The summed E-state index contributed by atoms with van der Waals surface area (Å²) in [5.74, 6) is 3.63. The second kappa shape index (κ2) is 5.21. The number of nitrogens with zero attached hydrogens (tertiary/aromatic N) is 3. The van der Waals surface area contributed by atoms with Gasteiger partial charge in [-0.1, -0.05) is 0 Å². The summed E-state index contributed by atoms with van der Waals surface area (Å²) in [7, 11) is 1.37. The van der Waals surface area contributed by atoms with Gasteiger partial charge in [-0.25, -0.2) is 4.79 Å². The lowest BCUT2D eigenvalue weighted by Gasteiger charge is -2.06. The molecule has 1 atom stereocenters. The fourth-order valence-corrected chi connectivity index (χ4v) is 3.66. The summed E-state index contributed by atoms with van der Waals surface area (Å²) >= 11 is 1.99. The maximum absolute atomic E-state index is 11.7. The first kappa shape index (κ1) is 12.5. The molecule has 5 nitrogen and oxygen atoms in total. The van der Waals surface area contributed by atoms with E-state index in [-0.39, 0.29) is 5.97 Å². The number of hydrogen-bond acceptors (Lipinski definition) is 5. The van der Waals surface area contributed by atoms with Gasteiger partial charge in [0.2, 0.25) is 0 Å². The SMILES string of the molecule is COC(=O)c1cccn2c(CC3CCSC3)nnc12. The molecule has 0 amide bonds. The predicted molar refractivity (Wildman–Crippen MR) is 73.5 cm³/mol. The number of esters is 1. The van der Waals surface area contributed by atoms with Crippen molar-refractivity contribution in [3.05, 3.63) is 29.7 Å². The number of pyridine rings is 1. The second-order valence-corrected chi connectivity index (χ2v) is 5.81. The van der Waals surface area contributed by atoms with Crippen molar-refractivity contribution in [1.82, 2.24) is 14.6 Å². The topological polar surface area (TPSA) is 56.5 Å². The molecule has 0 bridgehead atoms. The van der Waals surface area contributed by atoms with Gasteiger partial charge >= 0.3 is 5.97 Å². The molecule has 6 heteroatoms. The number of aromatic nitrogens is 3. The molecular weight excluding hydrogens is 262 g/mol. The Kier molecular flexibility index (Phi) is 3.42. The number of rotatable bonds is 3. The van der Waals surface area contributed by atoms with Gasteiger partial charge in [0.25, 0.3) is 0 Å². The van der Waals surface area contributed by atoms with Crippen LogP contribution in [-0.2, 0) is 11.2 Å². The third kappa shape index (κ3) is 2.32. The fourth-order valence-electron chi connectivity index (χ4n) is 2.37. The van der Waals surface area contributed by atoms with Gasteiger partial charge in [0.05, 0.1) is 7.11 Å². The second-order valence-electron chi connectivity index (χ2n) is 4.66. The first-order valence-electron chi connectivity index (χ1n) is 6.28. The van der Waals surface area contributed by atoms with E-state index in [0.717, 1.165) is 12.2 Å². The highest BCUT2D eigenvalue weighted by Gasteiger charge is 2.20. The summed E-state index contributed by atoms with van der Waals surface area (Å²) in [4.78, 5) is 11.7. The van der Waals surface area contributed by atoms with E-state index in [4.69, 9.17) is 4.74 Å². The normalized spacial score (nSPS) is 18.9. The molecule has 2 aromatic rings. The van der Waals surface area contributed by atoms with Crippen molar-refractivity contribution in [2.75, 3.05) is 18.6 Å². The zero-order chi connectivity index (χ0) is 13.2. The van der Waals surface area contributed by atoms with Crippen molar-refractivity contribution in [2.45, 2.75) is 12.8 Å². The molecule has 0 N–H and O–H groups in total. The number of hydrogen-bond donors (Lipinski definition) is 0. The van der Waals surface area contributed by atoms with E-state index in [0.29, 0.717) is 17.1 Å². The Morgan fingerprint density at radius 2 is 2.47 bits per heavy atom. The highest BCUT2D eigenvalue weighted by molar-refractivity contribution is 7.99. The van der Waals surface area contributed by atoms with Crippen LogP contribution in [0.3, 0.4) is 0 Å². The third-order valence-electron chi connectivity index (χ3n) is 3.41. The van der Waals surface area contributed by atoms with Gasteiger partial charge in [-0.05, 0) is 36.0 Å². The Bertz CT molecular complexity index is 605. The van der Waals surface area contributed by atoms with E-state index in [1.165, 1.54) is 25.0 Å². The van der Waals surface area contributed by atoms with Crippen LogP contribution in [0.5, 0.6) is 0 Å². The van der Waals surface area contributed by atoms with E-state index in [2.05, 4.69) is 10.2 Å². The van der Waals surface area contributed by atoms with E-state index >= 15 is 0 Å². The fraction of sp³-hybridized carbons (Fsp3) is 0.462. The van der Waals surface area contributed by atoms with Crippen LogP contribution in [0.4, 0.5) is 0 Å². The lowest BCUT2D eigenvalue weighted by Crippen LogP contribution is -2.08. The van der Waals surface area contributed by atoms with Crippen LogP contribution in [0.15, 0.2) is 18.3 Å². The summed E-state index contributed by atoms with van der Waals surface area (Å²) in [5, 5.41) is 8.37. The maximum atomic E-state index is 11.7. The summed E-state index contributed by atoms with van der Waals surface area (Å²) in [5.41, 5.74) is 1.04. The van der Waals surface area contributed by atoms with Crippen molar-refractivity contribution in [3.8, 4) is 0 Å². The molecule has 1 aliphatic rings. The molecule has 0 aromatic carbocycles. The smallest absolute Gasteiger partial charge is 0.341 e. The van der Waals surface area contributed by atoms with E-state index < -0.39 is 0 Å². The van der Waals surface area contributed by atoms with Gasteiger partial charge in [0.1, 0.15) is 11.4 Å². The molecule has 0 saturated carbocycles. The lowest BCUT2D eigenvalue weighted by atomic mass is 10.1. The molecular formula is C13H15N3O2S. The minimum Gasteiger partial charge on any atom is -0.465 e. The molecule has 1 aliphatic heterocycles. The Morgan fingerprint density at radius 1 is 1.58 bits per heavy atom. The van der Waals surface area contributed by atoms with Crippen LogP contribution in [0.2, 0.25) is 0 Å². The Morgan fingerprint density at radius 3 is 3.21 bits per heavy atom. The Balaban J connectivity index is 1.96. The molecule has 1 fully saturated rings. The lowest BCUT2D eigenvalue weighted by molar-refractivity contribution is 0.0602. The number of ether oxygens (including phenoxy) is 1. The number of carbonyl (C=O) groups excluding carboxylic acids is 1. The van der Waals surface area contributed by atoms with Crippen molar-refractivity contribution in [2.24, 2.45) is 5.92 Å². The first-order valence-corrected chi connectivity index (χ1v) is 7.43. The number of thioether (sulfide) groups is 1. The number of carbonyl (C=O) groups is 1. The van der Waals surface area contributed by atoms with Crippen molar-refractivity contribution in [1.29, 1.82) is 0 Å². The van der Waals surface area contributed by atoms with Gasteiger partial charge in [-0.15, -0.1) is 10.2 Å². The summed E-state index contributed by atoms with van der Waals surface area (Å²) in [6, 6.07) is 3.54. The Labute approximate surface area is 115 Å². The molecule has 0 aliphatic carbocycles. The molecule has 3 heterocycles. The monoisotopic (exact) mass is 277 g/mol. The van der Waals surface area contributed by atoms with Crippen LogP contribution in [0, 0.1) is 5.92 Å². The van der Waals surface area contributed by atoms with Crippen molar-refractivity contribution < 1.29 is 9.53 Å². The number of methoxy groups -OCH3 is 1. The van der Waals surface area contributed by atoms with Crippen LogP contribution in [-0.4, -0.2) is 39.2 Å². The average Bonchev–Trinajstić information content (AvgIpc) is 3.08. The van der Waals surface area contributed by atoms with Gasteiger partial charge in [0, 0.05) is 12.6 Å². The molecule has 1 saturated heterocycles. The molecule has 3 rings (SSSR count). The van der Waals surface area contributed by atoms with E-state index in [9.17, 15) is 4.79 Å². The van der Waals surface area contributed by atoms with E-state index in [1.807, 2.05) is 28.4 Å². The van der Waals surface area contributed by atoms with Crippen molar-refractivity contribution in [3.63, 3.8) is 0 Å². The quantitative estimate of drug-likeness (QED) is 0.801. The van der Waals surface area contributed by atoms with E-state index in [1.54, 1.807) is 6.07 Å². The predicted octanol–water partition coefficient (Wildman–Crippen LogP) is 1.81. The molecule has 100 valence electrons. The molecule has 2 aromatic heterocycles. The summed E-state index contributed by atoms with van der Waals surface area (Å²) < 4.78 is 6.66. The first-order chi connectivity index (χ1) is 9.29. The van der Waals surface area contributed by atoms with Gasteiger partial charge in [-0.3, -0.25) is 4.40 Å². The minimum absolute atomic E-state index is 0.374. The molecule has 1 unspecified atom stereocenters. The summed E-state index contributed by atoms with van der Waals surface area (Å²) in [6.45, 7) is 0. The van der Waals surface area contributed by atoms with Crippen LogP contribution < -0.4 is 0 Å². The highest BCUT2D eigenvalue weighted by atomic mass is 32.2. The Hall–Kier alpha value is -1.56. The summed E-state index contributed by atoms with van der Waals surface area (Å²) in [6.07, 6.45) is 4.05. The minimum atomic E-state index is -0.374.